The van der Waals surface area contributed by atoms with E-state index in [9.17, 15) is 9.59 Å². The average Bonchev–Trinajstić information content (AvgIpc) is 2.82. The monoisotopic (exact) mass is 425 g/mol. The van der Waals surface area contributed by atoms with Crippen LogP contribution in [-0.4, -0.2) is 63.2 Å². The third-order valence-corrected chi connectivity index (χ3v) is 5.29. The average molecular weight is 426 g/mol. The van der Waals surface area contributed by atoms with Crippen molar-refractivity contribution in [2.45, 2.75) is 19.3 Å². The number of methoxy groups -OCH3 is 1. The van der Waals surface area contributed by atoms with Crippen molar-refractivity contribution in [1.29, 1.82) is 0 Å². The topological polar surface area (TPSA) is 79.9 Å². The minimum absolute atomic E-state index is 0.122. The summed E-state index contributed by atoms with van der Waals surface area (Å²) in [4.78, 5) is 27.4. The summed E-state index contributed by atoms with van der Waals surface area (Å²) in [5.41, 5.74) is 2.07. The molecule has 1 heterocycles. The summed E-state index contributed by atoms with van der Waals surface area (Å²) < 4.78 is 10.5. The van der Waals surface area contributed by atoms with E-state index in [0.29, 0.717) is 30.6 Å². The molecule has 2 N–H and O–H groups in total. The lowest BCUT2D eigenvalue weighted by atomic mass is 10.1. The Morgan fingerprint density at radius 2 is 1.81 bits per heavy atom. The molecule has 2 aromatic rings. The van der Waals surface area contributed by atoms with E-state index < -0.39 is 0 Å². The molecule has 2 amide bonds. The molecule has 1 saturated heterocycles. The van der Waals surface area contributed by atoms with Gasteiger partial charge in [0.15, 0.2) is 0 Å². The van der Waals surface area contributed by atoms with Gasteiger partial charge in [0.05, 0.1) is 31.6 Å². The number of ether oxygens (including phenoxy) is 2. The van der Waals surface area contributed by atoms with Crippen molar-refractivity contribution in [1.82, 2.24) is 10.2 Å². The molecule has 0 radical (unpaired) electrons. The Morgan fingerprint density at radius 3 is 2.55 bits per heavy atom. The molecule has 1 aliphatic heterocycles. The van der Waals surface area contributed by atoms with E-state index >= 15 is 0 Å². The standard InChI is InChI=1S/C24H31N3O4/c1-30-20-10-7-19(8-11-20)9-12-23(28)26-22-6-3-2-5-21(22)24(29)25-13-4-14-27-15-17-31-18-16-27/h2-3,5-8,10-11H,4,9,12-18H2,1H3,(H,25,29)(H,26,28). The molecule has 7 heteroatoms. The van der Waals surface area contributed by atoms with Gasteiger partial charge in [-0.1, -0.05) is 24.3 Å². The molecule has 0 atom stereocenters. The molecule has 0 bridgehead atoms. The zero-order valence-corrected chi connectivity index (χ0v) is 18.1. The van der Waals surface area contributed by atoms with Crippen LogP contribution in [0.2, 0.25) is 0 Å². The Balaban J connectivity index is 1.45. The quantitative estimate of drug-likeness (QED) is 0.572. The van der Waals surface area contributed by atoms with Crippen LogP contribution in [0.5, 0.6) is 5.75 Å². The van der Waals surface area contributed by atoms with Crippen LogP contribution in [0.3, 0.4) is 0 Å². The van der Waals surface area contributed by atoms with Gasteiger partial charge in [-0.3, -0.25) is 14.5 Å². The van der Waals surface area contributed by atoms with E-state index in [1.807, 2.05) is 30.3 Å². The molecule has 31 heavy (non-hydrogen) atoms. The van der Waals surface area contributed by atoms with Gasteiger partial charge in [0, 0.05) is 26.1 Å². The zero-order chi connectivity index (χ0) is 21.9. The number of nitrogens with zero attached hydrogens (tertiary/aromatic N) is 1. The number of hydrogen-bond acceptors (Lipinski definition) is 5. The Labute approximate surface area is 183 Å². The van der Waals surface area contributed by atoms with Crippen LogP contribution < -0.4 is 15.4 Å². The first kappa shape index (κ1) is 22.8. The summed E-state index contributed by atoms with van der Waals surface area (Å²) in [6.07, 6.45) is 1.83. The number of morpholine rings is 1. The van der Waals surface area contributed by atoms with Gasteiger partial charge in [-0.15, -0.1) is 0 Å². The second-order valence-corrected chi connectivity index (χ2v) is 7.51. The SMILES string of the molecule is COc1ccc(CCC(=O)Nc2ccccc2C(=O)NCCCN2CCOCC2)cc1. The maximum absolute atomic E-state index is 12.6. The van der Waals surface area contributed by atoms with E-state index in [0.717, 1.165) is 50.6 Å². The fraction of sp³-hybridized carbons (Fsp3) is 0.417. The summed E-state index contributed by atoms with van der Waals surface area (Å²) in [6.45, 7) is 4.97. The van der Waals surface area contributed by atoms with Gasteiger partial charge < -0.3 is 20.1 Å². The predicted molar refractivity (Wildman–Crippen MR) is 121 cm³/mol. The molecule has 2 aromatic carbocycles. The lowest BCUT2D eigenvalue weighted by Crippen LogP contribution is -2.38. The van der Waals surface area contributed by atoms with Gasteiger partial charge in [0.25, 0.3) is 5.91 Å². The molecular formula is C24H31N3O4. The Hall–Kier alpha value is -2.90. The normalized spacial score (nSPS) is 14.1. The molecule has 0 unspecified atom stereocenters. The minimum Gasteiger partial charge on any atom is -0.497 e. The summed E-state index contributed by atoms with van der Waals surface area (Å²) >= 11 is 0. The minimum atomic E-state index is -0.173. The van der Waals surface area contributed by atoms with Gasteiger partial charge >= 0.3 is 0 Å². The maximum atomic E-state index is 12.6. The maximum Gasteiger partial charge on any atom is 0.253 e. The third kappa shape index (κ3) is 7.38. The van der Waals surface area contributed by atoms with Crippen LogP contribution in [-0.2, 0) is 16.0 Å². The largest absolute Gasteiger partial charge is 0.497 e. The van der Waals surface area contributed by atoms with Gasteiger partial charge in [0.2, 0.25) is 5.91 Å². The van der Waals surface area contributed by atoms with E-state index in [4.69, 9.17) is 9.47 Å². The number of hydrogen-bond donors (Lipinski definition) is 2. The lowest BCUT2D eigenvalue weighted by molar-refractivity contribution is -0.116. The van der Waals surface area contributed by atoms with E-state index in [-0.39, 0.29) is 11.8 Å². The first-order valence-corrected chi connectivity index (χ1v) is 10.8. The van der Waals surface area contributed by atoms with Crippen LogP contribution in [0.1, 0.15) is 28.8 Å². The molecule has 1 fully saturated rings. The number of nitrogens with one attached hydrogen (secondary N) is 2. The number of para-hydroxylation sites is 1. The summed E-state index contributed by atoms with van der Waals surface area (Å²) in [5, 5.41) is 5.84. The Kier molecular flexibility index (Phi) is 8.87. The smallest absolute Gasteiger partial charge is 0.253 e. The van der Waals surface area contributed by atoms with Crippen LogP contribution in [0, 0.1) is 0 Å². The van der Waals surface area contributed by atoms with Gasteiger partial charge in [-0.05, 0) is 49.2 Å². The van der Waals surface area contributed by atoms with Gasteiger partial charge in [-0.2, -0.15) is 0 Å². The van der Waals surface area contributed by atoms with Crippen molar-refractivity contribution in [2.24, 2.45) is 0 Å². The Bertz CT molecular complexity index is 848. The number of carbonyl (C=O) groups excluding carboxylic acids is 2. The number of anilines is 1. The summed E-state index contributed by atoms with van der Waals surface area (Å²) in [5.74, 6) is 0.495. The highest BCUT2D eigenvalue weighted by atomic mass is 16.5. The fourth-order valence-corrected chi connectivity index (χ4v) is 3.48. The van der Waals surface area contributed by atoms with Crippen molar-refractivity contribution in [2.75, 3.05) is 51.8 Å². The molecular weight excluding hydrogens is 394 g/mol. The lowest BCUT2D eigenvalue weighted by Gasteiger charge is -2.26. The van der Waals surface area contributed by atoms with Crippen molar-refractivity contribution in [3.05, 3.63) is 59.7 Å². The molecule has 3 rings (SSSR count). The second kappa shape index (κ2) is 12.1. The highest BCUT2D eigenvalue weighted by Gasteiger charge is 2.14. The number of aryl methyl sites for hydroxylation is 1. The van der Waals surface area contributed by atoms with Gasteiger partial charge in [0.1, 0.15) is 5.75 Å². The summed E-state index contributed by atoms with van der Waals surface area (Å²) in [7, 11) is 1.63. The van der Waals surface area contributed by atoms with Crippen molar-refractivity contribution >= 4 is 17.5 Å². The first-order chi connectivity index (χ1) is 15.2. The second-order valence-electron chi connectivity index (χ2n) is 7.51. The van der Waals surface area contributed by atoms with Crippen LogP contribution in [0.25, 0.3) is 0 Å². The number of rotatable bonds is 10. The molecule has 0 spiro atoms. The highest BCUT2D eigenvalue weighted by Crippen LogP contribution is 2.17. The number of carbonyl (C=O) groups is 2. The van der Waals surface area contributed by atoms with Crippen LogP contribution >= 0.6 is 0 Å². The third-order valence-electron chi connectivity index (χ3n) is 5.29. The van der Waals surface area contributed by atoms with E-state index in [1.165, 1.54) is 0 Å². The van der Waals surface area contributed by atoms with Crippen molar-refractivity contribution < 1.29 is 19.1 Å². The molecule has 0 saturated carbocycles. The molecule has 166 valence electrons. The van der Waals surface area contributed by atoms with Crippen LogP contribution in [0.4, 0.5) is 5.69 Å². The van der Waals surface area contributed by atoms with E-state index in [1.54, 1.807) is 25.3 Å². The number of benzene rings is 2. The van der Waals surface area contributed by atoms with Gasteiger partial charge in [-0.25, -0.2) is 0 Å². The van der Waals surface area contributed by atoms with Crippen LogP contribution in [0.15, 0.2) is 48.5 Å². The molecule has 0 aliphatic carbocycles. The molecule has 0 aromatic heterocycles. The molecule has 1 aliphatic rings. The highest BCUT2D eigenvalue weighted by molar-refractivity contribution is 6.03. The number of amides is 2. The fourth-order valence-electron chi connectivity index (χ4n) is 3.48. The van der Waals surface area contributed by atoms with Crippen molar-refractivity contribution in [3.8, 4) is 5.75 Å². The first-order valence-electron chi connectivity index (χ1n) is 10.8. The van der Waals surface area contributed by atoms with Crippen molar-refractivity contribution in [3.63, 3.8) is 0 Å². The molecule has 7 nitrogen and oxygen atoms in total. The summed E-state index contributed by atoms with van der Waals surface area (Å²) in [6, 6.07) is 14.8. The predicted octanol–water partition coefficient (Wildman–Crippen LogP) is 2.72. The zero-order valence-electron chi connectivity index (χ0n) is 18.1. The Morgan fingerprint density at radius 1 is 1.06 bits per heavy atom. The van der Waals surface area contributed by atoms with E-state index in [2.05, 4.69) is 15.5 Å².